The number of benzene rings is 4. The Morgan fingerprint density at radius 2 is 1.26 bits per heavy atom. The third-order valence-electron chi connectivity index (χ3n) is 6.04. The topological polar surface area (TPSA) is 60.3 Å². The van der Waals surface area contributed by atoms with Gasteiger partial charge in [-0.2, -0.15) is 0 Å². The summed E-state index contributed by atoms with van der Waals surface area (Å²) in [6, 6.07) is 36.0. The monoisotopic (exact) mass is 635 g/mol. The molecule has 0 aliphatic rings. The second-order valence-electron chi connectivity index (χ2n) is 8.68. The number of sulfonamides is 1. The zero-order chi connectivity index (χ0) is 26.5. The van der Waals surface area contributed by atoms with Crippen molar-refractivity contribution in [2.45, 2.75) is 36.7 Å². The average Bonchev–Trinajstić information content (AvgIpc) is 2.95. The number of aryl methyl sites for hydroxylation is 2. The van der Waals surface area contributed by atoms with E-state index in [0.29, 0.717) is 0 Å². The van der Waals surface area contributed by atoms with Crippen LogP contribution < -0.4 is 5.32 Å². The van der Waals surface area contributed by atoms with Crippen LogP contribution in [0.25, 0.3) is 4.72 Å². The van der Waals surface area contributed by atoms with Crippen LogP contribution >= 0.6 is 9.69 Å². The van der Waals surface area contributed by atoms with Gasteiger partial charge in [-0.25, -0.2) is 8.42 Å². The third-order valence-corrected chi connectivity index (χ3v) is 7.41. The van der Waals surface area contributed by atoms with Gasteiger partial charge in [0.05, 0.1) is 0 Å². The van der Waals surface area contributed by atoms with Crippen molar-refractivity contribution in [2.24, 2.45) is 0 Å². The molecule has 1 N–H and O–H groups in total. The zero-order valence-electron chi connectivity index (χ0n) is 21.6. The first-order valence-electron chi connectivity index (χ1n) is 12.1. The molecule has 2 atom stereocenters. The molecule has 38 heavy (non-hydrogen) atoms. The van der Waals surface area contributed by atoms with Crippen LogP contribution in [0, 0.1) is 14.4 Å². The predicted molar refractivity (Wildman–Crippen MR) is 155 cm³/mol. The van der Waals surface area contributed by atoms with Gasteiger partial charge in [0.2, 0.25) is 0 Å². The number of hydrogen-bond donors (Lipinski definition) is 1. The van der Waals surface area contributed by atoms with Crippen LogP contribution in [0.3, 0.4) is 0 Å². The molecular weight excluding hydrogens is 601 g/mol. The van der Waals surface area contributed by atoms with E-state index in [0.717, 1.165) is 36.1 Å². The van der Waals surface area contributed by atoms with Crippen molar-refractivity contribution in [3.63, 3.8) is 0 Å². The predicted octanol–water partition coefficient (Wildman–Crippen LogP) is 7.90. The van der Waals surface area contributed by atoms with Crippen molar-refractivity contribution in [3.05, 3.63) is 150 Å². The van der Waals surface area contributed by atoms with Gasteiger partial charge in [-0.15, -0.1) is 0 Å². The van der Waals surface area contributed by atoms with E-state index in [2.05, 4.69) is 44.0 Å². The minimum absolute atomic E-state index is 0. The van der Waals surface area contributed by atoms with Gasteiger partial charge in [0.15, 0.2) is 0 Å². The van der Waals surface area contributed by atoms with E-state index in [9.17, 15) is 8.42 Å². The summed E-state index contributed by atoms with van der Waals surface area (Å²) in [5, 5.41) is 3.63. The Bertz CT molecular complexity index is 1290. The van der Waals surface area contributed by atoms with Crippen molar-refractivity contribution in [1.29, 1.82) is 0 Å². The summed E-state index contributed by atoms with van der Waals surface area (Å²) >= 11 is 1.82. The maximum absolute atomic E-state index is 13.4. The van der Waals surface area contributed by atoms with E-state index < -0.39 is 16.1 Å². The van der Waals surface area contributed by atoms with Gasteiger partial charge in [-0.1, -0.05) is 120 Å². The molecule has 0 saturated carbocycles. The zero-order valence-corrected chi connectivity index (χ0v) is 25.0. The molecule has 0 aliphatic heterocycles. The van der Waals surface area contributed by atoms with Crippen LogP contribution in [-0.4, -0.2) is 15.0 Å². The second-order valence-corrected chi connectivity index (χ2v) is 10.3. The summed E-state index contributed by atoms with van der Waals surface area (Å²) in [6.45, 7) is 2.67. The van der Waals surface area contributed by atoms with Gasteiger partial charge >= 0.3 is 27.0 Å². The van der Waals surface area contributed by atoms with Gasteiger partial charge in [-0.3, -0.25) is 0 Å². The number of hydrogen-bond acceptors (Lipinski definition) is 3. The van der Waals surface area contributed by atoms with Crippen molar-refractivity contribution >= 4 is 19.7 Å². The molecule has 4 nitrogen and oxygen atoms in total. The standard InChI is InChI=1S/C30H31N2O2S.CH3.ClH.Ru/c1-24-19-21-28(22-20-24)35(33,34)32-30(27-17-9-4-10-18-27)29(26-15-7-3-8-16-26)31-23-11-14-25-12-5-2-6-13-25;;;/h2-10,12-13,15-22,29-31H,11,14,23H2,1H3;1H3;1H;/q2*-1;;+4/p-1. The molecule has 0 aromatic heterocycles. The summed E-state index contributed by atoms with van der Waals surface area (Å²) < 4.78 is 31.3. The van der Waals surface area contributed by atoms with E-state index in [1.807, 2.05) is 91.0 Å². The molecule has 2 unspecified atom stereocenters. The fraction of sp³-hybridized carbons (Fsp3) is 0.194. The first-order valence-corrected chi connectivity index (χ1v) is 15.7. The molecule has 0 aliphatic carbocycles. The number of nitrogens with one attached hydrogen (secondary N) is 1. The number of nitrogens with zero attached hydrogens (tertiary/aromatic N) is 1. The van der Waals surface area contributed by atoms with Gasteiger partial charge in [0, 0.05) is 10.9 Å². The number of halogens is 1. The van der Waals surface area contributed by atoms with E-state index >= 15 is 0 Å². The summed E-state index contributed by atoms with van der Waals surface area (Å²) in [5.74, 6) is 0. The Kier molecular flexibility index (Phi) is 13.9. The summed E-state index contributed by atoms with van der Waals surface area (Å²) in [6.07, 6.45) is 1.88. The molecule has 0 spiro atoms. The van der Waals surface area contributed by atoms with Gasteiger partial charge in [0.25, 0.3) is 0 Å². The van der Waals surface area contributed by atoms with Crippen LogP contribution in [0.15, 0.2) is 120 Å². The minimum atomic E-state index is -3.87. The summed E-state index contributed by atoms with van der Waals surface area (Å²) in [4.78, 5) is 0.208. The summed E-state index contributed by atoms with van der Waals surface area (Å²) in [5.41, 5.74) is 4.15. The average molecular weight is 635 g/mol. The quantitative estimate of drug-likeness (QED) is 0.104. The van der Waals surface area contributed by atoms with E-state index in [4.69, 9.17) is 0 Å². The van der Waals surface area contributed by atoms with Crippen LogP contribution in [0.4, 0.5) is 0 Å². The first kappa shape index (κ1) is 31.9. The molecule has 200 valence electrons. The number of rotatable bonds is 11. The maximum atomic E-state index is 13.4. The molecule has 4 aromatic rings. The molecule has 0 bridgehead atoms. The SMILES string of the molecule is Cc1ccc(S(=O)(=O)[N-]C(c2ccccc2)C(NCCCc2ccccc2)c2ccccc2)cc1.[CH3-].[Cl][Ru+3]. The molecule has 4 aromatic carbocycles. The van der Waals surface area contributed by atoms with Crippen LogP contribution in [0.2, 0.25) is 0 Å². The Hall–Kier alpha value is -2.34. The van der Waals surface area contributed by atoms with E-state index in [1.54, 1.807) is 24.3 Å². The van der Waals surface area contributed by atoms with Crippen molar-refractivity contribution in [1.82, 2.24) is 5.32 Å². The molecule has 7 heteroatoms. The van der Waals surface area contributed by atoms with Crippen LogP contribution in [0.1, 0.15) is 40.8 Å². The van der Waals surface area contributed by atoms with Crippen molar-refractivity contribution in [3.8, 4) is 0 Å². The third kappa shape index (κ3) is 9.45. The molecule has 4 rings (SSSR count). The van der Waals surface area contributed by atoms with Crippen LogP contribution in [-0.2, 0) is 33.8 Å². The second kappa shape index (κ2) is 16.6. The van der Waals surface area contributed by atoms with Crippen LogP contribution in [0.5, 0.6) is 0 Å². The Labute approximate surface area is 242 Å². The van der Waals surface area contributed by atoms with Crippen molar-refractivity contribution in [2.75, 3.05) is 6.54 Å². The van der Waals surface area contributed by atoms with Gasteiger partial charge < -0.3 is 17.5 Å². The van der Waals surface area contributed by atoms with Crippen molar-refractivity contribution < 1.29 is 25.7 Å². The first-order chi connectivity index (χ1) is 18.0. The molecule has 0 saturated heterocycles. The van der Waals surface area contributed by atoms with E-state index in [1.165, 1.54) is 5.56 Å². The molecule has 0 radical (unpaired) electrons. The van der Waals surface area contributed by atoms with Gasteiger partial charge in [0.1, 0.15) is 10.0 Å². The fourth-order valence-electron chi connectivity index (χ4n) is 4.15. The molecule has 0 heterocycles. The Balaban J connectivity index is 0.00000165. The normalized spacial score (nSPS) is 12.4. The van der Waals surface area contributed by atoms with E-state index in [-0.39, 0.29) is 18.4 Å². The molecular formula is C31H34ClN2O2RuS+. The Morgan fingerprint density at radius 3 is 1.82 bits per heavy atom. The Morgan fingerprint density at radius 1 is 0.763 bits per heavy atom. The van der Waals surface area contributed by atoms with Gasteiger partial charge in [-0.05, 0) is 49.6 Å². The molecule has 0 amide bonds. The fourth-order valence-corrected chi connectivity index (χ4v) is 5.30. The summed E-state index contributed by atoms with van der Waals surface area (Å²) in [7, 11) is 0.703. The molecule has 0 fully saturated rings.